The van der Waals surface area contributed by atoms with E-state index in [-0.39, 0.29) is 11.6 Å². The largest absolute Gasteiger partial charge is 0.495 e. The summed E-state index contributed by atoms with van der Waals surface area (Å²) in [4.78, 5) is 39.9. The van der Waals surface area contributed by atoms with Gasteiger partial charge in [-0.3, -0.25) is 14.4 Å². The standard InChI is InChI=1S/C32H27Cl2N3O4S/c1-20(30(38)36-27-18-24(34)15-16-29(27)41-2)42-26-10-6-9-25(19-26)35-32(40)28(17-21-11-13-23(33)14-12-21)37-31(39)22-7-4-3-5-8-22/h3-20H,1-2H3,(H,35,40)(H,36,38)(H,37,39)/b28-17+. The molecule has 4 rings (SSSR count). The lowest BCUT2D eigenvalue weighted by Crippen LogP contribution is -2.30. The summed E-state index contributed by atoms with van der Waals surface area (Å²) < 4.78 is 5.31. The lowest BCUT2D eigenvalue weighted by atomic mass is 10.1. The normalized spacial score (nSPS) is 11.8. The molecule has 0 fully saturated rings. The van der Waals surface area contributed by atoms with Gasteiger partial charge < -0.3 is 20.7 Å². The fourth-order valence-corrected chi connectivity index (χ4v) is 5.01. The number of anilines is 2. The number of carbonyl (C=O) groups is 3. The van der Waals surface area contributed by atoms with Crippen molar-refractivity contribution >= 4 is 70.1 Å². The Bertz CT molecular complexity index is 1610. The molecule has 0 bridgehead atoms. The number of carbonyl (C=O) groups excluding carboxylic acids is 3. The average molecular weight is 621 g/mol. The Labute approximate surface area is 258 Å². The first-order chi connectivity index (χ1) is 20.2. The number of rotatable bonds is 10. The molecule has 0 spiro atoms. The molecule has 0 heterocycles. The van der Waals surface area contributed by atoms with Gasteiger partial charge in [-0.2, -0.15) is 0 Å². The van der Waals surface area contributed by atoms with Crippen LogP contribution in [-0.4, -0.2) is 30.1 Å². The van der Waals surface area contributed by atoms with E-state index in [2.05, 4.69) is 16.0 Å². The smallest absolute Gasteiger partial charge is 0.272 e. The van der Waals surface area contributed by atoms with Gasteiger partial charge in [0.25, 0.3) is 11.8 Å². The van der Waals surface area contributed by atoms with Crippen molar-refractivity contribution in [2.45, 2.75) is 17.1 Å². The minimum Gasteiger partial charge on any atom is -0.495 e. The van der Waals surface area contributed by atoms with Crippen LogP contribution in [0.3, 0.4) is 0 Å². The molecule has 0 saturated carbocycles. The van der Waals surface area contributed by atoms with E-state index in [1.54, 1.807) is 104 Å². The molecular weight excluding hydrogens is 593 g/mol. The predicted octanol–water partition coefficient (Wildman–Crippen LogP) is 7.53. The molecule has 7 nitrogen and oxygen atoms in total. The highest BCUT2D eigenvalue weighted by molar-refractivity contribution is 8.00. The van der Waals surface area contributed by atoms with Gasteiger partial charge in [-0.25, -0.2) is 0 Å². The first-order valence-corrected chi connectivity index (χ1v) is 14.4. The van der Waals surface area contributed by atoms with Crippen molar-refractivity contribution in [2.75, 3.05) is 17.7 Å². The quantitative estimate of drug-likeness (QED) is 0.126. The third kappa shape index (κ3) is 8.63. The van der Waals surface area contributed by atoms with Gasteiger partial charge in [0.15, 0.2) is 0 Å². The molecule has 42 heavy (non-hydrogen) atoms. The summed E-state index contributed by atoms with van der Waals surface area (Å²) in [5, 5.41) is 8.94. The van der Waals surface area contributed by atoms with Gasteiger partial charge in [0, 0.05) is 26.2 Å². The van der Waals surface area contributed by atoms with Gasteiger partial charge in [-0.15, -0.1) is 11.8 Å². The summed E-state index contributed by atoms with van der Waals surface area (Å²) in [6.07, 6.45) is 1.57. The Morgan fingerprint density at radius 2 is 1.55 bits per heavy atom. The summed E-state index contributed by atoms with van der Waals surface area (Å²) >= 11 is 13.4. The fourth-order valence-electron chi connectivity index (χ4n) is 3.78. The molecule has 1 unspecified atom stereocenters. The third-order valence-corrected chi connectivity index (χ3v) is 7.48. The van der Waals surface area contributed by atoms with E-state index in [1.165, 1.54) is 18.9 Å². The first kappa shape index (κ1) is 30.7. The van der Waals surface area contributed by atoms with Gasteiger partial charge in [-0.05, 0) is 79.2 Å². The average Bonchev–Trinajstić information content (AvgIpc) is 2.98. The monoisotopic (exact) mass is 619 g/mol. The van der Waals surface area contributed by atoms with Crippen LogP contribution < -0.4 is 20.7 Å². The Morgan fingerprint density at radius 3 is 2.26 bits per heavy atom. The first-order valence-electron chi connectivity index (χ1n) is 12.8. The van der Waals surface area contributed by atoms with Crippen LogP contribution >= 0.6 is 35.0 Å². The topological polar surface area (TPSA) is 96.5 Å². The van der Waals surface area contributed by atoms with Gasteiger partial charge in [0.1, 0.15) is 11.4 Å². The Kier molecular flexibility index (Phi) is 10.7. The van der Waals surface area contributed by atoms with Crippen LogP contribution in [0, 0.1) is 0 Å². The molecule has 0 aliphatic rings. The molecule has 3 N–H and O–H groups in total. The maximum absolute atomic E-state index is 13.4. The molecule has 4 aromatic rings. The number of benzene rings is 4. The Hall–Kier alpha value is -4.24. The maximum atomic E-state index is 13.4. The van der Waals surface area contributed by atoms with Crippen LogP contribution in [0.25, 0.3) is 6.08 Å². The predicted molar refractivity (Wildman–Crippen MR) is 170 cm³/mol. The maximum Gasteiger partial charge on any atom is 0.272 e. The van der Waals surface area contributed by atoms with Crippen LogP contribution in [-0.2, 0) is 9.59 Å². The van der Waals surface area contributed by atoms with Crippen molar-refractivity contribution in [3.8, 4) is 5.75 Å². The highest BCUT2D eigenvalue weighted by atomic mass is 35.5. The van der Waals surface area contributed by atoms with Crippen molar-refractivity contribution in [1.29, 1.82) is 0 Å². The summed E-state index contributed by atoms with van der Waals surface area (Å²) in [5.74, 6) is -0.690. The van der Waals surface area contributed by atoms with Gasteiger partial charge in [0.2, 0.25) is 5.91 Å². The van der Waals surface area contributed by atoms with E-state index >= 15 is 0 Å². The molecule has 0 aromatic heterocycles. The van der Waals surface area contributed by atoms with Crippen LogP contribution in [0.5, 0.6) is 5.75 Å². The zero-order valence-corrected chi connectivity index (χ0v) is 25.0. The van der Waals surface area contributed by atoms with Crippen LogP contribution in [0.4, 0.5) is 11.4 Å². The molecule has 0 aliphatic carbocycles. The van der Waals surface area contributed by atoms with E-state index in [9.17, 15) is 14.4 Å². The van der Waals surface area contributed by atoms with Crippen molar-refractivity contribution in [3.63, 3.8) is 0 Å². The Balaban J connectivity index is 1.48. The van der Waals surface area contributed by atoms with Crippen LogP contribution in [0.2, 0.25) is 10.0 Å². The van der Waals surface area contributed by atoms with Crippen molar-refractivity contribution in [1.82, 2.24) is 5.32 Å². The van der Waals surface area contributed by atoms with Gasteiger partial charge >= 0.3 is 0 Å². The Morgan fingerprint density at radius 1 is 0.833 bits per heavy atom. The minimum atomic E-state index is -0.518. The van der Waals surface area contributed by atoms with E-state index in [1.807, 2.05) is 6.07 Å². The molecule has 4 aromatic carbocycles. The van der Waals surface area contributed by atoms with E-state index in [0.29, 0.717) is 38.3 Å². The van der Waals surface area contributed by atoms with Crippen molar-refractivity contribution in [2.24, 2.45) is 0 Å². The SMILES string of the molecule is COc1ccc(Cl)cc1NC(=O)C(C)Sc1cccc(NC(=O)/C(=C\c2ccc(Cl)cc2)NC(=O)c2ccccc2)c1. The zero-order chi connectivity index (χ0) is 30.1. The number of thioether (sulfide) groups is 1. The summed E-state index contributed by atoms with van der Waals surface area (Å²) in [6, 6.07) is 27.6. The molecular formula is C32H27Cl2N3O4S. The number of hydrogen-bond donors (Lipinski definition) is 3. The van der Waals surface area contributed by atoms with E-state index in [0.717, 1.165) is 4.90 Å². The van der Waals surface area contributed by atoms with E-state index < -0.39 is 17.1 Å². The number of ether oxygens (including phenoxy) is 1. The zero-order valence-electron chi connectivity index (χ0n) is 22.7. The molecule has 3 amide bonds. The van der Waals surface area contributed by atoms with Crippen LogP contribution in [0.1, 0.15) is 22.8 Å². The summed E-state index contributed by atoms with van der Waals surface area (Å²) in [7, 11) is 1.51. The number of hydrogen-bond acceptors (Lipinski definition) is 5. The summed E-state index contributed by atoms with van der Waals surface area (Å²) in [6.45, 7) is 1.77. The highest BCUT2D eigenvalue weighted by Gasteiger charge is 2.18. The lowest BCUT2D eigenvalue weighted by molar-refractivity contribution is -0.115. The molecule has 0 saturated heterocycles. The third-order valence-electron chi connectivity index (χ3n) is 5.90. The highest BCUT2D eigenvalue weighted by Crippen LogP contribution is 2.30. The molecule has 0 aliphatic heterocycles. The fraction of sp³-hybridized carbons (Fsp3) is 0.0938. The number of methoxy groups -OCH3 is 1. The van der Waals surface area contributed by atoms with Crippen LogP contribution in [0.15, 0.2) is 108 Å². The number of nitrogens with one attached hydrogen (secondary N) is 3. The summed E-state index contributed by atoms with van der Waals surface area (Å²) in [5.41, 5.74) is 2.10. The number of amides is 3. The molecule has 10 heteroatoms. The molecule has 0 radical (unpaired) electrons. The van der Waals surface area contributed by atoms with Gasteiger partial charge in [0.05, 0.1) is 18.0 Å². The lowest BCUT2D eigenvalue weighted by Gasteiger charge is -2.15. The minimum absolute atomic E-state index is 0.0486. The van der Waals surface area contributed by atoms with Crippen molar-refractivity contribution < 1.29 is 19.1 Å². The second kappa shape index (κ2) is 14.6. The molecule has 214 valence electrons. The number of halogens is 2. The van der Waals surface area contributed by atoms with Crippen molar-refractivity contribution in [3.05, 3.63) is 124 Å². The second-order valence-electron chi connectivity index (χ2n) is 9.01. The van der Waals surface area contributed by atoms with E-state index in [4.69, 9.17) is 27.9 Å². The van der Waals surface area contributed by atoms with Gasteiger partial charge in [-0.1, -0.05) is 59.6 Å². The second-order valence-corrected chi connectivity index (χ2v) is 11.3. The molecule has 1 atom stereocenters.